The fourth-order valence-corrected chi connectivity index (χ4v) is 2.64. The van der Waals surface area contributed by atoms with Crippen molar-refractivity contribution >= 4 is 11.7 Å². The van der Waals surface area contributed by atoms with Gasteiger partial charge in [0.05, 0.1) is 19.8 Å². The highest BCUT2D eigenvalue weighted by atomic mass is 16.5. The number of carbonyl (C=O) groups is 1. The Morgan fingerprint density at radius 1 is 0.963 bits per heavy atom. The number of urea groups is 1. The van der Waals surface area contributed by atoms with E-state index in [2.05, 4.69) is 36.5 Å². The number of rotatable bonds is 10. The molecule has 0 spiro atoms. The highest BCUT2D eigenvalue weighted by Crippen LogP contribution is 2.13. The van der Waals surface area contributed by atoms with Crippen LogP contribution in [0.2, 0.25) is 0 Å². The molecule has 0 radical (unpaired) electrons. The number of ether oxygens (including phenoxy) is 2. The summed E-state index contributed by atoms with van der Waals surface area (Å²) in [5.74, 6) is 0. The van der Waals surface area contributed by atoms with Crippen molar-refractivity contribution in [2.45, 2.75) is 33.4 Å². The summed E-state index contributed by atoms with van der Waals surface area (Å²) in [5.41, 5.74) is 4.19. The summed E-state index contributed by atoms with van der Waals surface area (Å²) in [6, 6.07) is 15.9. The zero-order chi connectivity index (χ0) is 19.5. The van der Waals surface area contributed by atoms with E-state index in [1.54, 1.807) is 11.9 Å². The quantitative estimate of drug-likeness (QED) is 0.628. The molecular weight excluding hydrogens is 340 g/mol. The van der Waals surface area contributed by atoms with E-state index < -0.39 is 0 Å². The van der Waals surface area contributed by atoms with Crippen molar-refractivity contribution in [2.24, 2.45) is 0 Å². The smallest absolute Gasteiger partial charge is 0.321 e. The summed E-state index contributed by atoms with van der Waals surface area (Å²) in [5, 5.41) is 2.94. The van der Waals surface area contributed by atoms with Crippen LogP contribution in [-0.4, -0.2) is 37.8 Å². The fourth-order valence-electron chi connectivity index (χ4n) is 2.64. The monoisotopic (exact) mass is 370 g/mol. The Kier molecular flexibility index (Phi) is 8.81. The van der Waals surface area contributed by atoms with Crippen LogP contribution in [0.25, 0.3) is 0 Å². The van der Waals surface area contributed by atoms with Crippen LogP contribution in [-0.2, 0) is 29.0 Å². The maximum Gasteiger partial charge on any atom is 0.321 e. The number of benzene rings is 2. The van der Waals surface area contributed by atoms with Gasteiger partial charge in [0.2, 0.25) is 0 Å². The molecule has 0 unspecified atom stereocenters. The van der Waals surface area contributed by atoms with Crippen LogP contribution < -0.4 is 5.32 Å². The summed E-state index contributed by atoms with van der Waals surface area (Å²) in [4.78, 5) is 14.1. The first-order valence-electron chi connectivity index (χ1n) is 9.46. The van der Waals surface area contributed by atoms with Gasteiger partial charge in [0, 0.05) is 25.9 Å². The zero-order valence-electron chi connectivity index (χ0n) is 16.5. The lowest BCUT2D eigenvalue weighted by Crippen LogP contribution is -2.30. The van der Waals surface area contributed by atoms with Crippen molar-refractivity contribution in [1.82, 2.24) is 4.90 Å². The van der Waals surface area contributed by atoms with Gasteiger partial charge < -0.3 is 19.7 Å². The van der Waals surface area contributed by atoms with E-state index in [1.807, 2.05) is 31.2 Å². The molecule has 0 bridgehead atoms. The molecule has 0 aliphatic heterocycles. The van der Waals surface area contributed by atoms with Crippen LogP contribution in [0.15, 0.2) is 48.5 Å². The number of carbonyl (C=O) groups excluding carboxylic acids is 1. The van der Waals surface area contributed by atoms with E-state index in [0.717, 1.165) is 23.2 Å². The predicted molar refractivity (Wildman–Crippen MR) is 109 cm³/mol. The maximum absolute atomic E-state index is 12.5. The maximum atomic E-state index is 12.5. The van der Waals surface area contributed by atoms with Crippen LogP contribution >= 0.6 is 0 Å². The van der Waals surface area contributed by atoms with Crippen LogP contribution in [0.5, 0.6) is 0 Å². The molecule has 5 heteroatoms. The molecule has 2 aromatic rings. The van der Waals surface area contributed by atoms with Gasteiger partial charge in [-0.05, 0) is 42.2 Å². The number of hydrogen-bond donors (Lipinski definition) is 1. The van der Waals surface area contributed by atoms with E-state index in [4.69, 9.17) is 9.47 Å². The van der Waals surface area contributed by atoms with Crippen molar-refractivity contribution in [3.63, 3.8) is 0 Å². The second-order valence-corrected chi connectivity index (χ2v) is 6.41. The number of aryl methyl sites for hydroxylation is 1. The Morgan fingerprint density at radius 2 is 1.67 bits per heavy atom. The lowest BCUT2D eigenvalue weighted by molar-refractivity contribution is 0.0453. The van der Waals surface area contributed by atoms with Crippen LogP contribution in [0.3, 0.4) is 0 Å². The Labute approximate surface area is 162 Å². The molecule has 0 heterocycles. The van der Waals surface area contributed by atoms with Gasteiger partial charge in [-0.3, -0.25) is 0 Å². The molecular formula is C22H30N2O3. The number of amides is 2. The zero-order valence-corrected chi connectivity index (χ0v) is 16.5. The predicted octanol–water partition coefficient (Wildman–Crippen LogP) is 4.47. The van der Waals surface area contributed by atoms with E-state index in [-0.39, 0.29) is 6.03 Å². The molecule has 146 valence electrons. The molecule has 0 aliphatic rings. The molecule has 0 aromatic heterocycles. The lowest BCUT2D eigenvalue weighted by Gasteiger charge is -2.18. The van der Waals surface area contributed by atoms with Crippen molar-refractivity contribution < 1.29 is 14.3 Å². The van der Waals surface area contributed by atoms with E-state index >= 15 is 0 Å². The van der Waals surface area contributed by atoms with E-state index in [0.29, 0.717) is 33.0 Å². The first-order valence-corrected chi connectivity index (χ1v) is 9.46. The Hall–Kier alpha value is -2.37. The molecule has 2 amide bonds. The molecule has 0 fully saturated rings. The summed E-state index contributed by atoms with van der Waals surface area (Å²) >= 11 is 0. The van der Waals surface area contributed by atoms with Crippen molar-refractivity contribution in [1.29, 1.82) is 0 Å². The van der Waals surface area contributed by atoms with Crippen LogP contribution in [0.4, 0.5) is 10.5 Å². The molecule has 0 atom stereocenters. The second kappa shape index (κ2) is 11.4. The third kappa shape index (κ3) is 7.41. The van der Waals surface area contributed by atoms with Crippen molar-refractivity contribution in [3.8, 4) is 0 Å². The molecule has 27 heavy (non-hydrogen) atoms. The number of hydrogen-bond acceptors (Lipinski definition) is 3. The number of anilines is 1. The normalized spacial score (nSPS) is 10.6. The van der Waals surface area contributed by atoms with Crippen molar-refractivity contribution in [2.75, 3.05) is 32.2 Å². The Morgan fingerprint density at radius 3 is 2.37 bits per heavy atom. The van der Waals surface area contributed by atoms with E-state index in [9.17, 15) is 4.79 Å². The SMILES string of the molecule is CCOCCOCc1cccc(NC(=O)N(C)Cc2ccc(CC)cc2)c1. The molecule has 5 nitrogen and oxygen atoms in total. The van der Waals surface area contributed by atoms with Gasteiger partial charge in [0.25, 0.3) is 0 Å². The Bertz CT molecular complexity index is 701. The molecule has 2 aromatic carbocycles. The van der Waals surface area contributed by atoms with Crippen LogP contribution in [0, 0.1) is 0 Å². The fraction of sp³-hybridized carbons (Fsp3) is 0.409. The van der Waals surface area contributed by atoms with Gasteiger partial charge in [-0.25, -0.2) is 4.79 Å². The van der Waals surface area contributed by atoms with Crippen LogP contribution in [0.1, 0.15) is 30.5 Å². The average molecular weight is 370 g/mol. The summed E-state index contributed by atoms with van der Waals surface area (Å²) in [6.45, 7) is 7.00. The van der Waals surface area contributed by atoms with Gasteiger partial charge >= 0.3 is 6.03 Å². The second-order valence-electron chi connectivity index (χ2n) is 6.41. The molecule has 0 saturated heterocycles. The number of nitrogens with one attached hydrogen (secondary N) is 1. The van der Waals surface area contributed by atoms with Gasteiger partial charge in [0.15, 0.2) is 0 Å². The minimum absolute atomic E-state index is 0.135. The topological polar surface area (TPSA) is 50.8 Å². The highest BCUT2D eigenvalue weighted by Gasteiger charge is 2.10. The molecule has 0 aliphatic carbocycles. The van der Waals surface area contributed by atoms with E-state index in [1.165, 1.54) is 5.56 Å². The largest absolute Gasteiger partial charge is 0.379 e. The van der Waals surface area contributed by atoms with Gasteiger partial charge in [0.1, 0.15) is 0 Å². The molecule has 1 N–H and O–H groups in total. The summed E-state index contributed by atoms with van der Waals surface area (Å²) < 4.78 is 10.8. The van der Waals surface area contributed by atoms with Gasteiger partial charge in [-0.2, -0.15) is 0 Å². The molecule has 0 saturated carbocycles. The third-order valence-corrected chi connectivity index (χ3v) is 4.22. The lowest BCUT2D eigenvalue weighted by atomic mass is 10.1. The summed E-state index contributed by atoms with van der Waals surface area (Å²) in [7, 11) is 1.80. The van der Waals surface area contributed by atoms with Gasteiger partial charge in [-0.1, -0.05) is 43.3 Å². The van der Waals surface area contributed by atoms with Gasteiger partial charge in [-0.15, -0.1) is 0 Å². The first-order chi connectivity index (χ1) is 13.1. The first kappa shape index (κ1) is 20.9. The summed E-state index contributed by atoms with van der Waals surface area (Å²) in [6.07, 6.45) is 1.02. The minimum atomic E-state index is -0.135. The minimum Gasteiger partial charge on any atom is -0.379 e. The average Bonchev–Trinajstić information content (AvgIpc) is 2.68. The third-order valence-electron chi connectivity index (χ3n) is 4.22. The number of nitrogens with zero attached hydrogens (tertiary/aromatic N) is 1. The highest BCUT2D eigenvalue weighted by molar-refractivity contribution is 5.89. The molecule has 2 rings (SSSR count). The standard InChI is InChI=1S/C22H30N2O3/c1-4-18-9-11-19(12-10-18)16-24(3)22(25)23-21-8-6-7-20(15-21)17-27-14-13-26-5-2/h6-12,15H,4-5,13-14,16-17H2,1-3H3,(H,23,25). The van der Waals surface area contributed by atoms with Crippen molar-refractivity contribution in [3.05, 3.63) is 65.2 Å². The Balaban J connectivity index is 1.83.